The summed E-state index contributed by atoms with van der Waals surface area (Å²) >= 11 is 1.63. The number of nitrogens with one attached hydrogen (secondary N) is 1. The van der Waals surface area contributed by atoms with E-state index in [1.54, 1.807) is 18.8 Å². The molecular weight excluding hydrogens is 210 g/mol. The number of esters is 1. The number of rotatable bonds is 5. The van der Waals surface area contributed by atoms with Gasteiger partial charge < -0.3 is 10.1 Å². The molecule has 1 atom stereocenters. The van der Waals surface area contributed by atoms with Crippen molar-refractivity contribution in [1.82, 2.24) is 5.32 Å². The quantitative estimate of drug-likeness (QED) is 0.609. The first-order valence-corrected chi connectivity index (χ1v) is 5.69. The third-order valence-electron chi connectivity index (χ3n) is 1.99. The van der Waals surface area contributed by atoms with Crippen LogP contribution >= 0.6 is 11.8 Å². The maximum Gasteiger partial charge on any atom is 0.323 e. The highest BCUT2D eigenvalue weighted by atomic mass is 32.2. The normalized spacial score (nSPS) is 12.1. The third kappa shape index (κ3) is 3.93. The Bertz CT molecular complexity index is 303. The van der Waals surface area contributed by atoms with Crippen LogP contribution in [0, 0.1) is 0 Å². The minimum Gasteiger partial charge on any atom is -0.468 e. The number of hydrogen-bond acceptors (Lipinski definition) is 4. The van der Waals surface area contributed by atoms with E-state index in [9.17, 15) is 4.79 Å². The Morgan fingerprint density at radius 3 is 2.67 bits per heavy atom. The van der Waals surface area contributed by atoms with E-state index in [0.29, 0.717) is 5.75 Å². The first kappa shape index (κ1) is 12.1. The fourth-order valence-electron chi connectivity index (χ4n) is 1.11. The van der Waals surface area contributed by atoms with Gasteiger partial charge in [-0.3, -0.25) is 4.79 Å². The number of likely N-dealkylation sites (N-methyl/N-ethyl adjacent to an activating group) is 1. The van der Waals surface area contributed by atoms with E-state index in [1.807, 2.05) is 30.3 Å². The molecule has 3 nitrogen and oxygen atoms in total. The van der Waals surface area contributed by atoms with Gasteiger partial charge in [-0.2, -0.15) is 0 Å². The standard InChI is InChI=1S/C11H15NO2S/c1-12-10(11(13)14-2)8-15-9-6-4-3-5-7-9/h3-7,10,12H,8H2,1-2H3. The topological polar surface area (TPSA) is 38.3 Å². The highest BCUT2D eigenvalue weighted by Crippen LogP contribution is 2.17. The molecule has 0 aliphatic heterocycles. The van der Waals surface area contributed by atoms with Crippen molar-refractivity contribution in [3.05, 3.63) is 30.3 Å². The Balaban J connectivity index is 2.44. The minimum absolute atomic E-state index is 0.221. The van der Waals surface area contributed by atoms with Crippen LogP contribution in [-0.2, 0) is 9.53 Å². The molecule has 1 rings (SSSR count). The Morgan fingerprint density at radius 1 is 1.47 bits per heavy atom. The van der Waals surface area contributed by atoms with Crippen LogP contribution in [0.5, 0.6) is 0 Å². The Morgan fingerprint density at radius 2 is 2.13 bits per heavy atom. The van der Waals surface area contributed by atoms with Gasteiger partial charge in [0.15, 0.2) is 0 Å². The zero-order valence-corrected chi connectivity index (χ0v) is 9.71. The van der Waals surface area contributed by atoms with Gasteiger partial charge in [0.1, 0.15) is 6.04 Å². The zero-order valence-electron chi connectivity index (χ0n) is 8.90. The number of thioether (sulfide) groups is 1. The van der Waals surface area contributed by atoms with Crippen LogP contribution in [0.2, 0.25) is 0 Å². The molecule has 4 heteroatoms. The molecule has 82 valence electrons. The molecule has 0 aromatic heterocycles. The maximum absolute atomic E-state index is 11.3. The molecule has 1 N–H and O–H groups in total. The number of ether oxygens (including phenoxy) is 1. The molecule has 0 aliphatic rings. The van der Waals surface area contributed by atoms with Crippen LogP contribution in [0.15, 0.2) is 35.2 Å². The van der Waals surface area contributed by atoms with Crippen LogP contribution in [0.3, 0.4) is 0 Å². The molecule has 0 amide bonds. The molecule has 0 bridgehead atoms. The summed E-state index contributed by atoms with van der Waals surface area (Å²) in [6, 6.07) is 9.73. The summed E-state index contributed by atoms with van der Waals surface area (Å²) in [5.74, 6) is 0.452. The summed E-state index contributed by atoms with van der Waals surface area (Å²) in [6.07, 6.45) is 0. The van der Waals surface area contributed by atoms with Gasteiger partial charge in [-0.1, -0.05) is 18.2 Å². The van der Waals surface area contributed by atoms with Gasteiger partial charge in [-0.15, -0.1) is 11.8 Å². The lowest BCUT2D eigenvalue weighted by Gasteiger charge is -2.12. The molecule has 1 aromatic rings. The van der Waals surface area contributed by atoms with Gasteiger partial charge in [0.2, 0.25) is 0 Å². The van der Waals surface area contributed by atoms with Crippen LogP contribution in [-0.4, -0.2) is 31.9 Å². The predicted molar refractivity (Wildman–Crippen MR) is 62.0 cm³/mol. The van der Waals surface area contributed by atoms with Crippen molar-refractivity contribution in [1.29, 1.82) is 0 Å². The minimum atomic E-state index is -0.250. The molecule has 0 aliphatic carbocycles. The van der Waals surface area contributed by atoms with Crippen molar-refractivity contribution in [2.75, 3.05) is 19.9 Å². The summed E-state index contributed by atoms with van der Waals surface area (Å²) in [4.78, 5) is 12.4. The maximum atomic E-state index is 11.3. The van der Waals surface area contributed by atoms with Gasteiger partial charge in [-0.05, 0) is 19.2 Å². The predicted octanol–water partition coefficient (Wildman–Crippen LogP) is 1.54. The van der Waals surface area contributed by atoms with E-state index >= 15 is 0 Å². The second-order valence-corrected chi connectivity index (χ2v) is 4.08. The van der Waals surface area contributed by atoms with Crippen LogP contribution < -0.4 is 5.32 Å². The lowest BCUT2D eigenvalue weighted by molar-refractivity contribution is -0.142. The Labute approximate surface area is 94.2 Å². The van der Waals surface area contributed by atoms with E-state index in [2.05, 4.69) is 10.1 Å². The number of benzene rings is 1. The first-order valence-electron chi connectivity index (χ1n) is 4.71. The molecule has 0 spiro atoms. The second-order valence-electron chi connectivity index (χ2n) is 2.99. The van der Waals surface area contributed by atoms with Crippen molar-refractivity contribution in [3.8, 4) is 0 Å². The molecular formula is C11H15NO2S. The van der Waals surface area contributed by atoms with E-state index in [-0.39, 0.29) is 12.0 Å². The number of carbonyl (C=O) groups excluding carboxylic acids is 1. The molecule has 15 heavy (non-hydrogen) atoms. The van der Waals surface area contributed by atoms with E-state index < -0.39 is 0 Å². The first-order chi connectivity index (χ1) is 7.27. The molecule has 0 fully saturated rings. The summed E-state index contributed by atoms with van der Waals surface area (Å²) in [5.41, 5.74) is 0. The average molecular weight is 225 g/mol. The van der Waals surface area contributed by atoms with Gasteiger partial charge >= 0.3 is 5.97 Å². The van der Waals surface area contributed by atoms with Crippen molar-refractivity contribution in [3.63, 3.8) is 0 Å². The molecule has 0 radical (unpaired) electrons. The van der Waals surface area contributed by atoms with Gasteiger partial charge in [0, 0.05) is 10.6 Å². The van der Waals surface area contributed by atoms with Crippen molar-refractivity contribution < 1.29 is 9.53 Å². The molecule has 1 unspecified atom stereocenters. The van der Waals surface area contributed by atoms with Gasteiger partial charge in [0.05, 0.1) is 7.11 Å². The highest BCUT2D eigenvalue weighted by Gasteiger charge is 2.16. The SMILES string of the molecule is CNC(CSc1ccccc1)C(=O)OC. The molecule has 0 heterocycles. The van der Waals surface area contributed by atoms with Gasteiger partial charge in [-0.25, -0.2) is 0 Å². The van der Waals surface area contributed by atoms with E-state index in [0.717, 1.165) is 4.90 Å². The summed E-state index contributed by atoms with van der Waals surface area (Å²) in [6.45, 7) is 0. The lowest BCUT2D eigenvalue weighted by Crippen LogP contribution is -2.37. The number of carbonyl (C=O) groups is 1. The number of hydrogen-bond donors (Lipinski definition) is 1. The summed E-state index contributed by atoms with van der Waals surface area (Å²) in [7, 11) is 3.16. The molecule has 1 aromatic carbocycles. The zero-order chi connectivity index (χ0) is 11.1. The summed E-state index contributed by atoms with van der Waals surface area (Å²) in [5, 5.41) is 2.93. The van der Waals surface area contributed by atoms with Crippen LogP contribution in [0.4, 0.5) is 0 Å². The van der Waals surface area contributed by atoms with Crippen molar-refractivity contribution in [2.45, 2.75) is 10.9 Å². The van der Waals surface area contributed by atoms with Crippen molar-refractivity contribution in [2.24, 2.45) is 0 Å². The van der Waals surface area contributed by atoms with Crippen molar-refractivity contribution >= 4 is 17.7 Å². The Kier molecular flexibility index (Phi) is 5.21. The molecule has 0 saturated carbocycles. The Hall–Kier alpha value is -1.00. The number of methoxy groups -OCH3 is 1. The van der Waals surface area contributed by atoms with Crippen LogP contribution in [0.1, 0.15) is 0 Å². The third-order valence-corrected chi connectivity index (χ3v) is 3.10. The fraction of sp³-hybridized carbons (Fsp3) is 0.364. The molecule has 0 saturated heterocycles. The average Bonchev–Trinajstić information content (AvgIpc) is 2.31. The fourth-order valence-corrected chi connectivity index (χ4v) is 2.12. The van der Waals surface area contributed by atoms with E-state index in [1.165, 1.54) is 7.11 Å². The summed E-state index contributed by atoms with van der Waals surface area (Å²) < 4.78 is 4.68. The van der Waals surface area contributed by atoms with E-state index in [4.69, 9.17) is 0 Å². The highest BCUT2D eigenvalue weighted by molar-refractivity contribution is 7.99. The smallest absolute Gasteiger partial charge is 0.323 e. The monoisotopic (exact) mass is 225 g/mol. The largest absolute Gasteiger partial charge is 0.468 e. The second kappa shape index (κ2) is 6.48. The van der Waals surface area contributed by atoms with Gasteiger partial charge in [0.25, 0.3) is 0 Å². The van der Waals surface area contributed by atoms with Crippen LogP contribution in [0.25, 0.3) is 0 Å². The lowest BCUT2D eigenvalue weighted by atomic mass is 10.3.